The summed E-state index contributed by atoms with van der Waals surface area (Å²) in [6.45, 7) is 0. The Morgan fingerprint density at radius 1 is 1.67 bits per heavy atom. The lowest BCUT2D eigenvalue weighted by molar-refractivity contribution is -0.104. The van der Waals surface area contributed by atoms with Gasteiger partial charge in [0.15, 0.2) is 0 Å². The van der Waals surface area contributed by atoms with Crippen LogP contribution in [0.5, 0.6) is 0 Å². The van der Waals surface area contributed by atoms with Gasteiger partial charge < -0.3 is 0 Å². The van der Waals surface area contributed by atoms with E-state index in [9.17, 15) is 9.28 Å². The smallest absolute Gasteiger partial charge is 0.144 e. The van der Waals surface area contributed by atoms with Crippen molar-refractivity contribution >= 4 is 6.29 Å². The van der Waals surface area contributed by atoms with Crippen LogP contribution in [-0.4, -0.2) is 6.29 Å². The van der Waals surface area contributed by atoms with Gasteiger partial charge in [-0.3, -0.25) is 4.79 Å². The minimum Gasteiger partial charge on any atom is -0.299 e. The molecule has 3 heteroatoms. The molecule has 0 fully saturated rings. The van der Waals surface area contributed by atoms with Gasteiger partial charge in [-0.05, 0) is 6.08 Å². The largest absolute Gasteiger partial charge is 0.299 e. The molecule has 6 heavy (non-hydrogen) atoms. The Hall–Kier alpha value is -0.860. The monoisotopic (exact) mass is 89.0 g/mol. The average Bonchev–Trinajstić information content (AvgIpc) is 1.61. The van der Waals surface area contributed by atoms with Crippen LogP contribution in [0.25, 0.3) is 0 Å². The molecule has 0 amide bonds. The third kappa shape index (κ3) is 3.14. The lowest BCUT2D eigenvalue weighted by Crippen LogP contribution is -1.81. The summed E-state index contributed by atoms with van der Waals surface area (Å²) < 4.78 is 10.7. The van der Waals surface area contributed by atoms with Crippen LogP contribution >= 0.6 is 0 Å². The van der Waals surface area contributed by atoms with Gasteiger partial charge in [0.1, 0.15) is 6.29 Å². The fourth-order valence-corrected chi connectivity index (χ4v) is 0.0757. The molecule has 0 rings (SSSR count). The molecule has 0 saturated heterocycles. The number of nitrogens with one attached hydrogen (secondary N) is 1. The summed E-state index contributed by atoms with van der Waals surface area (Å²) in [4.78, 5) is 9.27. The summed E-state index contributed by atoms with van der Waals surface area (Å²) in [6.07, 6.45) is 2.39. The molecule has 0 radical (unpaired) electrons. The van der Waals surface area contributed by atoms with Crippen LogP contribution in [-0.2, 0) is 4.79 Å². The zero-order valence-electron chi connectivity index (χ0n) is 3.02. The van der Waals surface area contributed by atoms with E-state index in [0.29, 0.717) is 6.29 Å². The quantitative estimate of drug-likeness (QED) is 0.297. The number of carbonyl (C=O) groups is 1. The maximum atomic E-state index is 10.7. The third-order valence-corrected chi connectivity index (χ3v) is 0.238. The first-order chi connectivity index (χ1) is 2.91. The van der Waals surface area contributed by atoms with Crippen molar-refractivity contribution in [3.8, 4) is 0 Å². The van der Waals surface area contributed by atoms with Crippen molar-refractivity contribution in [2.45, 2.75) is 0 Å². The topological polar surface area (TPSA) is 29.1 Å². The molecule has 0 bridgehead atoms. The number of aldehydes is 1. The second-order valence-corrected chi connectivity index (χ2v) is 0.604. The summed E-state index contributed by atoms with van der Waals surface area (Å²) in [5.41, 5.74) is 1.16. The molecule has 0 saturated carbocycles. The molecule has 0 aliphatic rings. The van der Waals surface area contributed by atoms with Gasteiger partial charge in [-0.25, -0.2) is 5.54 Å². The summed E-state index contributed by atoms with van der Waals surface area (Å²) in [6, 6.07) is 0. The number of allylic oxidation sites excluding steroid dienone is 1. The third-order valence-electron chi connectivity index (χ3n) is 0.238. The zero-order valence-corrected chi connectivity index (χ0v) is 3.02. The van der Waals surface area contributed by atoms with Gasteiger partial charge in [-0.2, -0.15) is 0 Å². The van der Waals surface area contributed by atoms with Gasteiger partial charge in [0, 0.05) is 6.20 Å². The molecule has 0 aromatic heterocycles. The number of hydrogen-bond donors (Lipinski definition) is 1. The van der Waals surface area contributed by atoms with E-state index in [2.05, 4.69) is 0 Å². The number of carbonyl (C=O) groups excluding carboxylic acids is 1. The van der Waals surface area contributed by atoms with E-state index in [-0.39, 0.29) is 0 Å². The Kier molecular flexibility index (Phi) is 3.55. The highest BCUT2D eigenvalue weighted by Gasteiger charge is 1.57. The van der Waals surface area contributed by atoms with E-state index in [1.54, 1.807) is 0 Å². The summed E-state index contributed by atoms with van der Waals surface area (Å²) >= 11 is 0. The molecule has 0 aromatic rings. The maximum Gasteiger partial charge on any atom is 0.144 e. The summed E-state index contributed by atoms with van der Waals surface area (Å²) in [5, 5.41) is 0. The SMILES string of the molecule is O=CC=CNF. The minimum atomic E-state index is 0.479. The van der Waals surface area contributed by atoms with Crippen molar-refractivity contribution in [1.82, 2.24) is 5.54 Å². The molecule has 0 atom stereocenters. The van der Waals surface area contributed by atoms with E-state index in [4.69, 9.17) is 0 Å². The van der Waals surface area contributed by atoms with Gasteiger partial charge in [0.05, 0.1) is 0 Å². The van der Waals surface area contributed by atoms with E-state index < -0.39 is 0 Å². The highest BCUT2D eigenvalue weighted by Crippen LogP contribution is 1.55. The first-order valence-corrected chi connectivity index (χ1v) is 1.38. The molecule has 0 aromatic carbocycles. The van der Waals surface area contributed by atoms with Crippen LogP contribution < -0.4 is 5.54 Å². The van der Waals surface area contributed by atoms with Crippen molar-refractivity contribution in [3.63, 3.8) is 0 Å². The minimum absolute atomic E-state index is 0.479. The predicted molar refractivity (Wildman–Crippen MR) is 19.4 cm³/mol. The first kappa shape index (κ1) is 5.14. The van der Waals surface area contributed by atoms with Crippen LogP contribution in [0.4, 0.5) is 4.48 Å². The normalized spacial score (nSPS) is 8.83. The molecule has 0 aliphatic heterocycles. The molecule has 0 unspecified atom stereocenters. The maximum absolute atomic E-state index is 10.7. The number of rotatable bonds is 2. The van der Waals surface area contributed by atoms with Crippen LogP contribution in [0.3, 0.4) is 0 Å². The second kappa shape index (κ2) is 4.14. The molecular formula is C3H4FNO. The first-order valence-electron chi connectivity index (χ1n) is 1.38. The van der Waals surface area contributed by atoms with E-state index >= 15 is 0 Å². The van der Waals surface area contributed by atoms with Crippen LogP contribution in [0, 0.1) is 0 Å². The van der Waals surface area contributed by atoms with E-state index in [1.807, 2.05) is 0 Å². The fraction of sp³-hybridized carbons (Fsp3) is 0. The Balaban J connectivity index is 2.94. The second-order valence-electron chi connectivity index (χ2n) is 0.604. The van der Waals surface area contributed by atoms with Crippen molar-refractivity contribution in [2.75, 3.05) is 0 Å². The summed E-state index contributed by atoms with van der Waals surface area (Å²) in [5.74, 6) is 0. The van der Waals surface area contributed by atoms with E-state index in [0.717, 1.165) is 17.8 Å². The molecular weight excluding hydrogens is 85.0 g/mol. The fourth-order valence-electron chi connectivity index (χ4n) is 0.0757. The lowest BCUT2D eigenvalue weighted by Gasteiger charge is -1.68. The van der Waals surface area contributed by atoms with Crippen molar-refractivity contribution < 1.29 is 9.28 Å². The number of halogens is 1. The van der Waals surface area contributed by atoms with Crippen molar-refractivity contribution in [2.24, 2.45) is 0 Å². The molecule has 34 valence electrons. The Morgan fingerprint density at radius 2 is 2.33 bits per heavy atom. The Labute approximate surface area is 34.6 Å². The molecule has 1 N–H and O–H groups in total. The van der Waals surface area contributed by atoms with Gasteiger partial charge in [-0.1, -0.05) is 0 Å². The van der Waals surface area contributed by atoms with E-state index in [1.165, 1.54) is 0 Å². The lowest BCUT2D eigenvalue weighted by atomic mass is 10.7. The Bertz CT molecular complexity index is 61.8. The molecule has 2 nitrogen and oxygen atoms in total. The van der Waals surface area contributed by atoms with Crippen LogP contribution in [0.1, 0.15) is 0 Å². The average molecular weight is 89.1 g/mol. The highest BCUT2D eigenvalue weighted by molar-refractivity contribution is 5.64. The van der Waals surface area contributed by atoms with Gasteiger partial charge >= 0.3 is 0 Å². The van der Waals surface area contributed by atoms with Crippen molar-refractivity contribution in [3.05, 3.63) is 12.3 Å². The van der Waals surface area contributed by atoms with Crippen LogP contribution in [0.15, 0.2) is 12.3 Å². The zero-order chi connectivity index (χ0) is 4.83. The Morgan fingerprint density at radius 3 is 2.50 bits per heavy atom. The standard InChI is InChI=1S/C3H4FNO/c4-5-2-1-3-6/h1-3,5H. The molecule has 0 heterocycles. The van der Waals surface area contributed by atoms with Gasteiger partial charge in [0.2, 0.25) is 0 Å². The molecule has 0 spiro atoms. The predicted octanol–water partition coefficient (Wildman–Crippen LogP) is 0.173. The van der Waals surface area contributed by atoms with Gasteiger partial charge in [0.25, 0.3) is 0 Å². The molecule has 0 aliphatic carbocycles. The number of hydrogen-bond acceptors (Lipinski definition) is 2. The van der Waals surface area contributed by atoms with Gasteiger partial charge in [-0.15, -0.1) is 4.48 Å². The van der Waals surface area contributed by atoms with Crippen molar-refractivity contribution in [1.29, 1.82) is 0 Å². The summed E-state index contributed by atoms with van der Waals surface area (Å²) in [7, 11) is 0. The highest BCUT2D eigenvalue weighted by atomic mass is 19.2. The van der Waals surface area contributed by atoms with Crippen LogP contribution in [0.2, 0.25) is 0 Å².